The maximum atomic E-state index is 12.2. The van der Waals surface area contributed by atoms with Crippen LogP contribution in [0.1, 0.15) is 53.9 Å². The van der Waals surface area contributed by atoms with Gasteiger partial charge in [-0.2, -0.15) is 0 Å². The minimum Gasteiger partial charge on any atom is -0.379 e. The van der Waals surface area contributed by atoms with Crippen LogP contribution >= 0.6 is 0 Å². The molecule has 0 aromatic carbocycles. The third kappa shape index (κ3) is 23.3. The van der Waals surface area contributed by atoms with E-state index in [2.05, 4.69) is 26.1 Å². The van der Waals surface area contributed by atoms with Crippen LogP contribution in [0.5, 0.6) is 0 Å². The van der Waals surface area contributed by atoms with Crippen molar-refractivity contribution < 1.29 is 52.3 Å². The Morgan fingerprint density at radius 2 is 1.07 bits per heavy atom. The number of carbonyl (C=O) groups excluding carboxylic acids is 3. The number of rotatable bonds is 30. The van der Waals surface area contributed by atoms with Gasteiger partial charge in [-0.15, -0.1) is 0 Å². The van der Waals surface area contributed by atoms with E-state index < -0.39 is 0 Å². The first-order valence-corrected chi connectivity index (χ1v) is 16.3. The third-order valence-electron chi connectivity index (χ3n) is 6.82. The van der Waals surface area contributed by atoms with Crippen LogP contribution in [0.25, 0.3) is 0 Å². The molecule has 1 aliphatic rings. The van der Waals surface area contributed by atoms with Crippen molar-refractivity contribution in [2.24, 2.45) is 17.3 Å². The van der Waals surface area contributed by atoms with E-state index >= 15 is 0 Å². The normalized spacial score (nSPS) is 15.5. The third-order valence-corrected chi connectivity index (χ3v) is 6.82. The number of likely N-dealkylation sites (tertiary alicyclic amines) is 1. The second kappa shape index (κ2) is 26.4. The molecule has 1 fully saturated rings. The first-order chi connectivity index (χ1) is 21.6. The number of nitrogens with zero attached hydrogens (tertiary/aromatic N) is 1. The molecule has 0 aliphatic carbocycles. The van der Waals surface area contributed by atoms with Gasteiger partial charge < -0.3 is 43.2 Å². The monoisotopic (exact) mass is 648 g/mol. The van der Waals surface area contributed by atoms with Crippen molar-refractivity contribution in [3.63, 3.8) is 0 Å². The van der Waals surface area contributed by atoms with Crippen molar-refractivity contribution in [2.75, 3.05) is 119 Å². The van der Waals surface area contributed by atoms with Crippen LogP contribution < -0.4 is 5.32 Å². The van der Waals surface area contributed by atoms with Gasteiger partial charge >= 0.3 is 0 Å². The smallest absolute Gasteiger partial charge is 0.233 e. The molecule has 1 rings (SSSR count). The van der Waals surface area contributed by atoms with Crippen molar-refractivity contribution in [3.05, 3.63) is 0 Å². The molecule has 1 saturated heterocycles. The summed E-state index contributed by atoms with van der Waals surface area (Å²) >= 11 is 0. The average Bonchev–Trinajstić information content (AvgIpc) is 3.27. The van der Waals surface area contributed by atoms with E-state index in [1.807, 2.05) is 13.8 Å². The van der Waals surface area contributed by atoms with E-state index in [0.29, 0.717) is 132 Å². The lowest BCUT2D eigenvalue weighted by Gasteiger charge is -2.17. The van der Waals surface area contributed by atoms with Crippen LogP contribution in [0.4, 0.5) is 0 Å². The first-order valence-electron chi connectivity index (χ1n) is 16.3. The highest BCUT2D eigenvalue weighted by atomic mass is 16.6. The molecular formula is C32H60N2O11. The molecule has 1 unspecified atom stereocenters. The molecule has 1 heterocycles. The van der Waals surface area contributed by atoms with Crippen LogP contribution in [0.3, 0.4) is 0 Å². The minimum absolute atomic E-state index is 0.0139. The number of hydrogen-bond acceptors (Lipinski definition) is 11. The van der Waals surface area contributed by atoms with Crippen LogP contribution in [0.2, 0.25) is 0 Å². The van der Waals surface area contributed by atoms with Crippen molar-refractivity contribution >= 4 is 17.7 Å². The van der Waals surface area contributed by atoms with E-state index in [4.69, 9.17) is 37.9 Å². The molecule has 0 aromatic rings. The van der Waals surface area contributed by atoms with Gasteiger partial charge in [-0.1, -0.05) is 34.6 Å². The fourth-order valence-corrected chi connectivity index (χ4v) is 4.09. The second-order valence-electron chi connectivity index (χ2n) is 12.2. The highest BCUT2D eigenvalue weighted by Crippen LogP contribution is 2.26. The van der Waals surface area contributed by atoms with Gasteiger partial charge in [-0.25, -0.2) is 0 Å². The lowest BCUT2D eigenvalue weighted by Crippen LogP contribution is -2.34. The van der Waals surface area contributed by atoms with Crippen molar-refractivity contribution in [2.45, 2.75) is 53.9 Å². The molecule has 13 heteroatoms. The standard InChI is InChI=1S/C32H60N2O11/c1-27(2)28-26-30(36)34(31(28)37)9-11-39-13-15-41-17-19-43-21-23-45-25-24-44-22-20-42-18-16-40-14-12-38-10-6-29(35)33-8-7-32(3,4)5/h27-28H,6-26H2,1-5H3,(H,33,35). The van der Waals surface area contributed by atoms with Gasteiger partial charge in [0.15, 0.2) is 0 Å². The van der Waals surface area contributed by atoms with E-state index in [1.165, 1.54) is 4.90 Å². The lowest BCUT2D eigenvalue weighted by molar-refractivity contribution is -0.140. The molecular weight excluding hydrogens is 588 g/mol. The van der Waals surface area contributed by atoms with Gasteiger partial charge in [-0.3, -0.25) is 19.3 Å². The van der Waals surface area contributed by atoms with Gasteiger partial charge in [0.05, 0.1) is 112 Å². The molecule has 0 bridgehead atoms. The van der Waals surface area contributed by atoms with Gasteiger partial charge in [0.2, 0.25) is 17.7 Å². The zero-order valence-electron chi connectivity index (χ0n) is 28.4. The van der Waals surface area contributed by atoms with Gasteiger partial charge in [0, 0.05) is 25.3 Å². The molecule has 13 nitrogen and oxygen atoms in total. The summed E-state index contributed by atoms with van der Waals surface area (Å²) in [5, 5.41) is 2.91. The topological polar surface area (TPSA) is 140 Å². The summed E-state index contributed by atoms with van der Waals surface area (Å²) in [4.78, 5) is 37.3. The van der Waals surface area contributed by atoms with Crippen molar-refractivity contribution in [1.82, 2.24) is 10.2 Å². The summed E-state index contributed by atoms with van der Waals surface area (Å²) in [6.45, 7) is 18.5. The quantitative estimate of drug-likeness (QED) is 0.0905. The molecule has 45 heavy (non-hydrogen) atoms. The Bertz CT molecular complexity index is 777. The predicted octanol–water partition coefficient (Wildman–Crippen LogP) is 2.09. The van der Waals surface area contributed by atoms with E-state index in [0.717, 1.165) is 6.42 Å². The Hall–Kier alpha value is -1.71. The maximum Gasteiger partial charge on any atom is 0.233 e. The SMILES string of the molecule is CC(C)C1CC(=O)N(CCOCCOCCOCCOCCOCCOCCOCCOCCC(=O)NCCC(C)(C)C)C1=O. The van der Waals surface area contributed by atoms with E-state index in [1.54, 1.807) is 0 Å². The Labute approximate surface area is 270 Å². The summed E-state index contributed by atoms with van der Waals surface area (Å²) < 4.78 is 43.7. The summed E-state index contributed by atoms with van der Waals surface area (Å²) in [7, 11) is 0. The molecule has 264 valence electrons. The molecule has 0 spiro atoms. The van der Waals surface area contributed by atoms with Gasteiger partial charge in [0.25, 0.3) is 0 Å². The lowest BCUT2D eigenvalue weighted by atomic mass is 9.92. The maximum absolute atomic E-state index is 12.2. The summed E-state index contributed by atoms with van der Waals surface area (Å²) in [6, 6.07) is 0. The minimum atomic E-state index is -0.206. The molecule has 3 amide bonds. The number of nitrogens with one attached hydrogen (secondary N) is 1. The molecule has 0 radical (unpaired) electrons. The van der Waals surface area contributed by atoms with Crippen LogP contribution in [0.15, 0.2) is 0 Å². The van der Waals surface area contributed by atoms with E-state index in [9.17, 15) is 14.4 Å². The number of ether oxygens (including phenoxy) is 8. The Morgan fingerprint density at radius 3 is 1.42 bits per heavy atom. The fourth-order valence-electron chi connectivity index (χ4n) is 4.09. The number of amides is 3. The Morgan fingerprint density at radius 1 is 0.689 bits per heavy atom. The molecule has 1 atom stereocenters. The zero-order chi connectivity index (χ0) is 33.2. The summed E-state index contributed by atoms with van der Waals surface area (Å²) in [5.74, 6) is -0.231. The second-order valence-corrected chi connectivity index (χ2v) is 12.2. The van der Waals surface area contributed by atoms with Crippen molar-refractivity contribution in [3.8, 4) is 0 Å². The van der Waals surface area contributed by atoms with Crippen LogP contribution in [0, 0.1) is 17.3 Å². The number of carbonyl (C=O) groups is 3. The van der Waals surface area contributed by atoms with E-state index in [-0.39, 0.29) is 35.0 Å². The summed E-state index contributed by atoms with van der Waals surface area (Å²) in [5.41, 5.74) is 0.213. The van der Waals surface area contributed by atoms with Crippen molar-refractivity contribution in [1.29, 1.82) is 0 Å². The molecule has 0 saturated carbocycles. The average molecular weight is 649 g/mol. The van der Waals surface area contributed by atoms with Crippen LogP contribution in [-0.2, 0) is 52.3 Å². The Balaban J connectivity index is 1.71. The molecule has 0 aromatic heterocycles. The highest BCUT2D eigenvalue weighted by molar-refractivity contribution is 6.03. The summed E-state index contributed by atoms with van der Waals surface area (Å²) in [6.07, 6.45) is 1.60. The van der Waals surface area contributed by atoms with Gasteiger partial charge in [0.1, 0.15) is 0 Å². The molecule has 1 aliphatic heterocycles. The zero-order valence-corrected chi connectivity index (χ0v) is 28.4. The fraction of sp³-hybridized carbons (Fsp3) is 0.906. The highest BCUT2D eigenvalue weighted by Gasteiger charge is 2.39. The number of hydrogen-bond donors (Lipinski definition) is 1. The van der Waals surface area contributed by atoms with Gasteiger partial charge in [-0.05, 0) is 17.8 Å². The first kappa shape index (κ1) is 41.3. The van der Waals surface area contributed by atoms with Crippen LogP contribution in [-0.4, -0.2) is 141 Å². The largest absolute Gasteiger partial charge is 0.379 e. The predicted molar refractivity (Wildman–Crippen MR) is 168 cm³/mol. The molecule has 1 N–H and O–H groups in total. The number of imide groups is 1. The Kier molecular flexibility index (Phi) is 24.2.